The average molecular weight is 267 g/mol. The van der Waals surface area contributed by atoms with Gasteiger partial charge in [0.05, 0.1) is 0 Å². The summed E-state index contributed by atoms with van der Waals surface area (Å²) in [6.07, 6.45) is 1.26. The summed E-state index contributed by atoms with van der Waals surface area (Å²) in [6.45, 7) is 9.15. The molecule has 1 N–H and O–H groups in total. The Bertz CT molecular complexity index is 361. The van der Waals surface area contributed by atoms with Crippen molar-refractivity contribution in [3.63, 3.8) is 0 Å². The maximum absolute atomic E-state index is 5.88. The molecule has 1 aliphatic rings. The molecule has 1 heterocycles. The average Bonchev–Trinajstić information content (AvgIpc) is 2.75. The molecule has 0 aliphatic carbocycles. The van der Waals surface area contributed by atoms with Crippen LogP contribution in [0.2, 0.25) is 5.02 Å². The van der Waals surface area contributed by atoms with Crippen molar-refractivity contribution in [2.45, 2.75) is 32.9 Å². The van der Waals surface area contributed by atoms with Crippen LogP contribution in [0.1, 0.15) is 25.8 Å². The van der Waals surface area contributed by atoms with Crippen molar-refractivity contribution in [1.29, 1.82) is 0 Å². The van der Waals surface area contributed by atoms with Gasteiger partial charge in [0.1, 0.15) is 0 Å². The van der Waals surface area contributed by atoms with Gasteiger partial charge in [-0.1, -0.05) is 37.6 Å². The minimum atomic E-state index is 0.638. The molecule has 1 aromatic carbocycles. The predicted octanol–water partition coefficient (Wildman–Crippen LogP) is 3.16. The molecular formula is C15H23ClN2. The predicted molar refractivity (Wildman–Crippen MR) is 78.0 cm³/mol. The van der Waals surface area contributed by atoms with Crippen LogP contribution in [0, 0.1) is 5.92 Å². The van der Waals surface area contributed by atoms with E-state index < -0.39 is 0 Å². The highest BCUT2D eigenvalue weighted by Crippen LogP contribution is 2.13. The molecule has 0 saturated carbocycles. The normalized spacial score (nSPS) is 20.8. The van der Waals surface area contributed by atoms with Gasteiger partial charge in [-0.2, -0.15) is 0 Å². The summed E-state index contributed by atoms with van der Waals surface area (Å²) in [7, 11) is 0. The first-order valence-corrected chi connectivity index (χ1v) is 7.21. The van der Waals surface area contributed by atoms with Crippen molar-refractivity contribution in [1.82, 2.24) is 10.2 Å². The van der Waals surface area contributed by atoms with Crippen LogP contribution in [-0.2, 0) is 6.54 Å². The van der Waals surface area contributed by atoms with Crippen LogP contribution >= 0.6 is 11.6 Å². The molecule has 0 aromatic heterocycles. The Hall–Kier alpha value is -0.570. The Morgan fingerprint density at radius 3 is 2.72 bits per heavy atom. The fourth-order valence-electron chi connectivity index (χ4n) is 2.55. The first-order chi connectivity index (χ1) is 8.63. The maximum atomic E-state index is 5.88. The van der Waals surface area contributed by atoms with E-state index in [-0.39, 0.29) is 0 Å². The minimum absolute atomic E-state index is 0.638. The zero-order valence-electron chi connectivity index (χ0n) is 11.3. The number of likely N-dealkylation sites (tertiary alicyclic amines) is 1. The highest BCUT2D eigenvalue weighted by Gasteiger charge is 2.21. The number of rotatable bonds is 5. The largest absolute Gasteiger partial charge is 0.309 e. The zero-order valence-corrected chi connectivity index (χ0v) is 12.1. The van der Waals surface area contributed by atoms with Crippen molar-refractivity contribution >= 4 is 11.6 Å². The van der Waals surface area contributed by atoms with Crippen LogP contribution in [-0.4, -0.2) is 30.6 Å². The summed E-state index contributed by atoms with van der Waals surface area (Å²) < 4.78 is 0. The van der Waals surface area contributed by atoms with Crippen LogP contribution in [0.15, 0.2) is 24.3 Å². The minimum Gasteiger partial charge on any atom is -0.309 e. The van der Waals surface area contributed by atoms with Crippen LogP contribution in [0.25, 0.3) is 0 Å². The van der Waals surface area contributed by atoms with E-state index in [1.807, 2.05) is 12.1 Å². The Morgan fingerprint density at radius 2 is 2.06 bits per heavy atom. The van der Waals surface area contributed by atoms with E-state index in [0.717, 1.165) is 17.5 Å². The molecule has 3 heteroatoms. The molecule has 2 rings (SSSR count). The highest BCUT2D eigenvalue weighted by molar-refractivity contribution is 6.30. The van der Waals surface area contributed by atoms with Crippen molar-refractivity contribution in [3.05, 3.63) is 34.9 Å². The van der Waals surface area contributed by atoms with Gasteiger partial charge >= 0.3 is 0 Å². The van der Waals surface area contributed by atoms with E-state index in [4.69, 9.17) is 11.6 Å². The smallest absolute Gasteiger partial charge is 0.0406 e. The Morgan fingerprint density at radius 1 is 1.33 bits per heavy atom. The molecule has 0 amide bonds. The number of nitrogens with zero attached hydrogens (tertiary/aromatic N) is 1. The van der Waals surface area contributed by atoms with Gasteiger partial charge < -0.3 is 10.2 Å². The molecule has 1 aromatic rings. The quantitative estimate of drug-likeness (QED) is 0.881. The topological polar surface area (TPSA) is 15.3 Å². The van der Waals surface area contributed by atoms with E-state index in [1.54, 1.807) is 0 Å². The summed E-state index contributed by atoms with van der Waals surface area (Å²) in [6, 6.07) is 8.74. The van der Waals surface area contributed by atoms with Crippen LogP contribution in [0.3, 0.4) is 0 Å². The van der Waals surface area contributed by atoms with E-state index in [2.05, 4.69) is 36.2 Å². The van der Waals surface area contributed by atoms with Crippen molar-refractivity contribution < 1.29 is 0 Å². The van der Waals surface area contributed by atoms with Gasteiger partial charge in [0.15, 0.2) is 0 Å². The molecule has 1 saturated heterocycles. The van der Waals surface area contributed by atoms with Crippen molar-refractivity contribution in [2.24, 2.45) is 5.92 Å². The molecule has 18 heavy (non-hydrogen) atoms. The second kappa shape index (κ2) is 6.55. The monoisotopic (exact) mass is 266 g/mol. The van der Waals surface area contributed by atoms with Crippen LogP contribution in [0.4, 0.5) is 0 Å². The van der Waals surface area contributed by atoms with E-state index in [0.29, 0.717) is 6.04 Å². The second-order valence-corrected chi connectivity index (χ2v) is 6.08. The fourth-order valence-corrected chi connectivity index (χ4v) is 2.67. The summed E-state index contributed by atoms with van der Waals surface area (Å²) in [5, 5.41) is 4.44. The maximum Gasteiger partial charge on any atom is 0.0406 e. The summed E-state index contributed by atoms with van der Waals surface area (Å²) in [5.41, 5.74) is 1.31. The number of halogens is 1. The Balaban J connectivity index is 1.73. The van der Waals surface area contributed by atoms with Gasteiger partial charge in [0.2, 0.25) is 0 Å². The molecule has 1 aliphatic heterocycles. The second-order valence-electron chi connectivity index (χ2n) is 5.65. The van der Waals surface area contributed by atoms with E-state index >= 15 is 0 Å². The third-order valence-electron chi connectivity index (χ3n) is 3.40. The fraction of sp³-hybridized carbons (Fsp3) is 0.600. The molecule has 0 radical (unpaired) electrons. The Kier molecular flexibility index (Phi) is 5.04. The van der Waals surface area contributed by atoms with Gasteiger partial charge in [-0.15, -0.1) is 0 Å². The van der Waals surface area contributed by atoms with Crippen molar-refractivity contribution in [3.8, 4) is 0 Å². The Labute approximate surface area is 115 Å². The summed E-state index contributed by atoms with van der Waals surface area (Å²) in [5.74, 6) is 0.764. The molecule has 100 valence electrons. The number of hydrogen-bond acceptors (Lipinski definition) is 2. The SMILES string of the molecule is CC(C)CN1CCC(NCc2ccc(Cl)cc2)C1. The zero-order chi connectivity index (χ0) is 13.0. The van der Waals surface area contributed by atoms with Gasteiger partial charge in [-0.25, -0.2) is 0 Å². The number of hydrogen-bond donors (Lipinski definition) is 1. The van der Waals surface area contributed by atoms with Gasteiger partial charge in [0, 0.05) is 30.7 Å². The van der Waals surface area contributed by atoms with E-state index in [9.17, 15) is 0 Å². The lowest BCUT2D eigenvalue weighted by molar-refractivity contribution is 0.290. The third kappa shape index (κ3) is 4.27. The van der Waals surface area contributed by atoms with E-state index in [1.165, 1.54) is 31.6 Å². The lowest BCUT2D eigenvalue weighted by Crippen LogP contribution is -2.33. The van der Waals surface area contributed by atoms with Crippen molar-refractivity contribution in [2.75, 3.05) is 19.6 Å². The summed E-state index contributed by atoms with van der Waals surface area (Å²) >= 11 is 5.88. The summed E-state index contributed by atoms with van der Waals surface area (Å²) in [4.78, 5) is 2.56. The highest BCUT2D eigenvalue weighted by atomic mass is 35.5. The van der Waals surface area contributed by atoms with Crippen LogP contribution in [0.5, 0.6) is 0 Å². The first-order valence-electron chi connectivity index (χ1n) is 6.83. The molecular weight excluding hydrogens is 244 g/mol. The van der Waals surface area contributed by atoms with Crippen LogP contribution < -0.4 is 5.32 Å². The van der Waals surface area contributed by atoms with Gasteiger partial charge in [-0.3, -0.25) is 0 Å². The molecule has 1 atom stereocenters. The molecule has 1 unspecified atom stereocenters. The van der Waals surface area contributed by atoms with Gasteiger partial charge in [-0.05, 0) is 36.6 Å². The first kappa shape index (κ1) is 13.9. The molecule has 0 spiro atoms. The number of benzene rings is 1. The standard InChI is InChI=1S/C15H23ClN2/c1-12(2)10-18-8-7-15(11-18)17-9-13-3-5-14(16)6-4-13/h3-6,12,15,17H,7-11H2,1-2H3. The molecule has 1 fully saturated rings. The molecule has 2 nitrogen and oxygen atoms in total. The third-order valence-corrected chi connectivity index (χ3v) is 3.66. The number of nitrogens with one attached hydrogen (secondary N) is 1. The van der Waals surface area contributed by atoms with Gasteiger partial charge in [0.25, 0.3) is 0 Å². The lowest BCUT2D eigenvalue weighted by atomic mass is 10.2. The lowest BCUT2D eigenvalue weighted by Gasteiger charge is -2.18. The molecule has 0 bridgehead atoms.